The molecule has 0 fully saturated rings. The van der Waals surface area contributed by atoms with E-state index >= 15 is 0 Å². The molecule has 0 aliphatic carbocycles. The maximum atomic E-state index is 13.7. The van der Waals surface area contributed by atoms with Gasteiger partial charge in [0.2, 0.25) is 0 Å². The number of benzene rings is 1. The number of amides is 2. The molecule has 1 unspecified atom stereocenters. The number of carbonyl (C=O) groups excluding carboxylic acids is 1. The Morgan fingerprint density at radius 2 is 1.45 bits per heavy atom. The molecule has 8 nitrogen and oxygen atoms in total. The quantitative estimate of drug-likeness (QED) is 0.232. The number of alkyl halides is 9. The molecule has 0 spiro atoms. The van der Waals surface area contributed by atoms with Gasteiger partial charge in [0.25, 0.3) is 0 Å². The van der Waals surface area contributed by atoms with Crippen molar-refractivity contribution in [1.29, 1.82) is 0 Å². The zero-order valence-electron chi connectivity index (χ0n) is 23.2. The van der Waals surface area contributed by atoms with Crippen molar-refractivity contribution in [2.45, 2.75) is 64.3 Å². The molecule has 0 saturated carbocycles. The average molecular weight is 629 g/mol. The molecule has 0 bridgehead atoms. The van der Waals surface area contributed by atoms with Crippen molar-refractivity contribution in [1.82, 2.24) is 10.2 Å². The van der Waals surface area contributed by atoms with E-state index in [0.29, 0.717) is 5.56 Å². The van der Waals surface area contributed by atoms with Crippen molar-refractivity contribution in [3.8, 4) is 5.75 Å². The lowest BCUT2D eigenvalue weighted by molar-refractivity contribution is -0.443. The van der Waals surface area contributed by atoms with Gasteiger partial charge in [-0.15, -0.1) is 0 Å². The topological polar surface area (TPSA) is 97.3 Å². The molecule has 1 rings (SSSR count). The van der Waals surface area contributed by atoms with Crippen LogP contribution in [-0.2, 0) is 20.7 Å². The van der Waals surface area contributed by atoms with Crippen molar-refractivity contribution in [2.24, 2.45) is 5.41 Å². The molecule has 2 amide bonds. The summed E-state index contributed by atoms with van der Waals surface area (Å²) in [5.74, 6) is -15.0. The number of nitrogens with one attached hydrogen (secondary N) is 1. The fraction of sp³-hybridized carbons (Fsp3) is 0.680. The number of rotatable bonds is 16. The van der Waals surface area contributed by atoms with Crippen LogP contribution in [0.2, 0.25) is 0 Å². The fourth-order valence-corrected chi connectivity index (χ4v) is 3.13. The minimum absolute atomic E-state index is 0.0593. The number of hydrogen-bond donors (Lipinski definition) is 2. The SMILES string of the molecule is CCOC(Cc1ccc(OCCN(CCOC(F)(F)C(F)(F)C(F)(F)C(F)(F)F)C(=O)NCC(C)(C)C)cc1)C(=O)O. The smallest absolute Gasteiger partial charge is 0.460 e. The van der Waals surface area contributed by atoms with E-state index in [1.807, 2.05) is 0 Å². The molecule has 0 aliphatic heterocycles. The molecule has 0 saturated heterocycles. The summed E-state index contributed by atoms with van der Waals surface area (Å²) in [6.07, 6.45) is -14.2. The molecule has 1 aromatic rings. The van der Waals surface area contributed by atoms with E-state index in [2.05, 4.69) is 10.1 Å². The molecule has 1 aromatic carbocycles. The zero-order valence-corrected chi connectivity index (χ0v) is 23.2. The first kappa shape index (κ1) is 37.1. The lowest BCUT2D eigenvalue weighted by Crippen LogP contribution is -2.62. The summed E-state index contributed by atoms with van der Waals surface area (Å²) in [6, 6.07) is 5.13. The van der Waals surface area contributed by atoms with E-state index < -0.39 is 60.8 Å². The van der Waals surface area contributed by atoms with Gasteiger partial charge < -0.3 is 29.5 Å². The Kier molecular flexibility index (Phi) is 12.8. The molecule has 242 valence electrons. The van der Waals surface area contributed by atoms with Crippen LogP contribution in [0.3, 0.4) is 0 Å². The highest BCUT2D eigenvalue weighted by atomic mass is 19.4. The Labute approximate surface area is 236 Å². The van der Waals surface area contributed by atoms with E-state index in [-0.39, 0.29) is 38.5 Å². The van der Waals surface area contributed by atoms with Crippen LogP contribution in [0.1, 0.15) is 33.3 Å². The molecule has 0 aliphatic rings. The van der Waals surface area contributed by atoms with Crippen LogP contribution in [-0.4, -0.2) is 91.7 Å². The van der Waals surface area contributed by atoms with Crippen molar-refractivity contribution in [2.75, 3.05) is 39.5 Å². The summed E-state index contributed by atoms with van der Waals surface area (Å²) in [5.41, 5.74) is 0.147. The summed E-state index contributed by atoms with van der Waals surface area (Å²) in [4.78, 5) is 24.6. The Hall–Kier alpha value is -2.95. The number of carboxylic acid groups (broad SMARTS) is 1. The van der Waals surface area contributed by atoms with E-state index in [4.69, 9.17) is 9.47 Å². The minimum Gasteiger partial charge on any atom is -0.492 e. The van der Waals surface area contributed by atoms with Gasteiger partial charge in [-0.05, 0) is 30.0 Å². The molecular formula is C25H33F9N2O6. The maximum absolute atomic E-state index is 13.7. The number of carboxylic acids is 1. The summed E-state index contributed by atoms with van der Waals surface area (Å²) in [5, 5.41) is 11.6. The first-order valence-electron chi connectivity index (χ1n) is 12.5. The number of aliphatic carboxylic acids is 1. The number of nitrogens with zero attached hydrogens (tertiary/aromatic N) is 1. The Bertz CT molecular complexity index is 1020. The van der Waals surface area contributed by atoms with E-state index in [1.54, 1.807) is 39.8 Å². The fourth-order valence-electron chi connectivity index (χ4n) is 3.13. The third-order valence-corrected chi connectivity index (χ3v) is 5.44. The van der Waals surface area contributed by atoms with Crippen LogP contribution in [0.15, 0.2) is 24.3 Å². The van der Waals surface area contributed by atoms with Gasteiger partial charge in [0.15, 0.2) is 6.10 Å². The summed E-state index contributed by atoms with van der Waals surface area (Å²) in [6.45, 7) is 4.01. The third kappa shape index (κ3) is 10.4. The van der Waals surface area contributed by atoms with E-state index in [1.165, 1.54) is 12.1 Å². The van der Waals surface area contributed by atoms with Gasteiger partial charge in [0.1, 0.15) is 12.4 Å². The predicted octanol–water partition coefficient (Wildman–Crippen LogP) is 5.60. The van der Waals surface area contributed by atoms with Gasteiger partial charge in [0, 0.05) is 26.1 Å². The van der Waals surface area contributed by atoms with Gasteiger partial charge >= 0.3 is 36.1 Å². The Morgan fingerprint density at radius 3 is 1.93 bits per heavy atom. The molecule has 17 heteroatoms. The van der Waals surface area contributed by atoms with Crippen molar-refractivity contribution >= 4 is 12.0 Å². The largest absolute Gasteiger partial charge is 0.492 e. The first-order chi connectivity index (χ1) is 19.1. The summed E-state index contributed by atoms with van der Waals surface area (Å²) >= 11 is 0. The normalized spacial score (nSPS) is 13.9. The molecule has 2 N–H and O–H groups in total. The highest BCUT2D eigenvalue weighted by molar-refractivity contribution is 5.74. The van der Waals surface area contributed by atoms with Crippen molar-refractivity contribution in [3.05, 3.63) is 29.8 Å². The Morgan fingerprint density at radius 1 is 0.905 bits per heavy atom. The molecule has 0 aromatic heterocycles. The standard InChI is InChI=1S/C25H33F9N2O6/c1-5-40-18(19(37)38)14-16-6-8-17(9-7-16)41-12-10-36(20(39)35-15-21(2,3)4)11-13-42-25(33,34)23(28,29)22(26,27)24(30,31)32/h6-9,18H,5,10-15H2,1-4H3,(H,35,39)(H,37,38). The van der Waals surface area contributed by atoms with Crippen LogP contribution in [0.4, 0.5) is 44.3 Å². The highest BCUT2D eigenvalue weighted by Crippen LogP contribution is 2.53. The zero-order chi connectivity index (χ0) is 32.6. The van der Waals surface area contributed by atoms with Crippen LogP contribution < -0.4 is 10.1 Å². The number of urea groups is 1. The first-order valence-corrected chi connectivity index (χ1v) is 12.5. The molecular weight excluding hydrogens is 595 g/mol. The lowest BCUT2D eigenvalue weighted by Gasteiger charge is -2.33. The van der Waals surface area contributed by atoms with Crippen LogP contribution in [0.25, 0.3) is 0 Å². The summed E-state index contributed by atoms with van der Waals surface area (Å²) < 4.78 is 131. The van der Waals surface area contributed by atoms with Crippen molar-refractivity contribution in [3.63, 3.8) is 0 Å². The van der Waals surface area contributed by atoms with Crippen molar-refractivity contribution < 1.29 is 68.4 Å². The monoisotopic (exact) mass is 628 g/mol. The predicted molar refractivity (Wildman–Crippen MR) is 130 cm³/mol. The Balaban J connectivity index is 2.88. The van der Waals surface area contributed by atoms with Crippen LogP contribution in [0.5, 0.6) is 5.75 Å². The highest BCUT2D eigenvalue weighted by Gasteiger charge is 2.82. The summed E-state index contributed by atoms with van der Waals surface area (Å²) in [7, 11) is 0. The second kappa shape index (κ2) is 14.5. The number of carbonyl (C=O) groups is 2. The van der Waals surface area contributed by atoms with Gasteiger partial charge in [-0.1, -0.05) is 32.9 Å². The van der Waals surface area contributed by atoms with Gasteiger partial charge in [-0.25, -0.2) is 9.59 Å². The molecule has 42 heavy (non-hydrogen) atoms. The van der Waals surface area contributed by atoms with Crippen LogP contribution in [0, 0.1) is 5.41 Å². The third-order valence-electron chi connectivity index (χ3n) is 5.44. The molecule has 0 heterocycles. The maximum Gasteiger partial charge on any atom is 0.460 e. The lowest BCUT2D eigenvalue weighted by atomic mass is 9.97. The second-order valence-corrected chi connectivity index (χ2v) is 10.2. The van der Waals surface area contributed by atoms with Crippen LogP contribution >= 0.6 is 0 Å². The average Bonchev–Trinajstić information content (AvgIpc) is 2.85. The van der Waals surface area contributed by atoms with Gasteiger partial charge in [0.05, 0.1) is 13.2 Å². The minimum atomic E-state index is -7.10. The van der Waals surface area contributed by atoms with Gasteiger partial charge in [-0.2, -0.15) is 39.5 Å². The van der Waals surface area contributed by atoms with Gasteiger partial charge in [-0.3, -0.25) is 0 Å². The number of hydrogen-bond acceptors (Lipinski definition) is 5. The van der Waals surface area contributed by atoms with E-state index in [0.717, 1.165) is 4.90 Å². The molecule has 0 radical (unpaired) electrons. The number of halogens is 9. The second-order valence-electron chi connectivity index (χ2n) is 10.2. The van der Waals surface area contributed by atoms with E-state index in [9.17, 15) is 54.2 Å². The molecule has 1 atom stereocenters. The number of ether oxygens (including phenoxy) is 3.